The van der Waals surface area contributed by atoms with Gasteiger partial charge in [-0.05, 0) is 59.1 Å². The van der Waals surface area contributed by atoms with Crippen LogP contribution < -0.4 is 14.8 Å². The second-order valence-electron chi connectivity index (χ2n) is 6.06. The van der Waals surface area contributed by atoms with Crippen LogP contribution in [0.15, 0.2) is 40.9 Å². The Labute approximate surface area is 162 Å². The van der Waals surface area contributed by atoms with Crippen molar-refractivity contribution in [2.45, 2.75) is 26.4 Å². The standard InChI is InChI=1S/C20H23BrN2O3/c1-4-10-23-19(22-16-9-7-6-8-14(16)20(23)24)13-11-15(21)18(25-3)17(12-13)26-5-2/h6-9,11-12,19,22H,4-5,10H2,1-3H3/t19-/m1/s1. The van der Waals surface area contributed by atoms with Crippen LogP contribution in [0, 0.1) is 0 Å². The fourth-order valence-corrected chi connectivity index (χ4v) is 3.86. The Bertz CT molecular complexity index is 810. The fourth-order valence-electron chi connectivity index (χ4n) is 3.23. The highest BCUT2D eigenvalue weighted by molar-refractivity contribution is 9.10. The van der Waals surface area contributed by atoms with Gasteiger partial charge in [-0.1, -0.05) is 19.1 Å². The Hall–Kier alpha value is -2.21. The quantitative estimate of drug-likeness (QED) is 0.729. The first-order valence-electron chi connectivity index (χ1n) is 8.77. The van der Waals surface area contributed by atoms with Gasteiger partial charge in [-0.25, -0.2) is 0 Å². The van der Waals surface area contributed by atoms with E-state index >= 15 is 0 Å². The molecule has 0 bridgehead atoms. The molecule has 2 aromatic rings. The monoisotopic (exact) mass is 418 g/mol. The van der Waals surface area contributed by atoms with E-state index in [1.165, 1.54) is 0 Å². The summed E-state index contributed by atoms with van der Waals surface area (Å²) >= 11 is 3.56. The molecule has 3 rings (SSSR count). The summed E-state index contributed by atoms with van der Waals surface area (Å²) < 4.78 is 12.0. The predicted molar refractivity (Wildman–Crippen MR) is 106 cm³/mol. The molecule has 1 heterocycles. The first-order valence-corrected chi connectivity index (χ1v) is 9.56. The molecule has 0 aliphatic carbocycles. The van der Waals surface area contributed by atoms with Crippen LogP contribution >= 0.6 is 15.9 Å². The number of ether oxygens (including phenoxy) is 2. The molecule has 1 aliphatic rings. The summed E-state index contributed by atoms with van der Waals surface area (Å²) in [7, 11) is 1.62. The van der Waals surface area contributed by atoms with Gasteiger partial charge >= 0.3 is 0 Å². The molecule has 1 aliphatic heterocycles. The molecule has 26 heavy (non-hydrogen) atoms. The van der Waals surface area contributed by atoms with E-state index in [9.17, 15) is 4.79 Å². The van der Waals surface area contributed by atoms with Gasteiger partial charge in [0.2, 0.25) is 0 Å². The highest BCUT2D eigenvalue weighted by atomic mass is 79.9. The van der Waals surface area contributed by atoms with Crippen LogP contribution in [0.2, 0.25) is 0 Å². The Morgan fingerprint density at radius 1 is 1.23 bits per heavy atom. The number of hydrogen-bond acceptors (Lipinski definition) is 4. The number of anilines is 1. The maximum absolute atomic E-state index is 13.0. The topological polar surface area (TPSA) is 50.8 Å². The summed E-state index contributed by atoms with van der Waals surface area (Å²) in [6.07, 6.45) is 0.612. The summed E-state index contributed by atoms with van der Waals surface area (Å²) in [6.45, 7) is 5.20. The number of hydrogen-bond donors (Lipinski definition) is 1. The smallest absolute Gasteiger partial charge is 0.257 e. The normalized spacial score (nSPS) is 16.1. The van der Waals surface area contributed by atoms with Crippen LogP contribution in [0.5, 0.6) is 11.5 Å². The molecule has 0 radical (unpaired) electrons. The molecule has 5 nitrogen and oxygen atoms in total. The summed E-state index contributed by atoms with van der Waals surface area (Å²) in [4.78, 5) is 14.9. The van der Waals surface area contributed by atoms with E-state index in [1.54, 1.807) is 7.11 Å². The first-order chi connectivity index (χ1) is 12.6. The second kappa shape index (κ2) is 7.99. The van der Waals surface area contributed by atoms with Gasteiger partial charge in [-0.2, -0.15) is 0 Å². The van der Waals surface area contributed by atoms with Crippen molar-refractivity contribution in [2.24, 2.45) is 0 Å². The molecule has 1 amide bonds. The van der Waals surface area contributed by atoms with Crippen molar-refractivity contribution in [3.05, 3.63) is 52.0 Å². The van der Waals surface area contributed by atoms with Gasteiger partial charge < -0.3 is 19.7 Å². The van der Waals surface area contributed by atoms with E-state index in [0.717, 1.165) is 22.1 Å². The second-order valence-corrected chi connectivity index (χ2v) is 6.91. The highest BCUT2D eigenvalue weighted by Gasteiger charge is 2.33. The molecular weight excluding hydrogens is 396 g/mol. The molecule has 2 aromatic carbocycles. The molecule has 0 unspecified atom stereocenters. The summed E-state index contributed by atoms with van der Waals surface area (Å²) in [6, 6.07) is 11.5. The van der Waals surface area contributed by atoms with Gasteiger partial charge in [-0.3, -0.25) is 4.79 Å². The number of carbonyl (C=O) groups is 1. The average Bonchev–Trinajstić information content (AvgIpc) is 2.64. The van der Waals surface area contributed by atoms with Crippen LogP contribution in [0.25, 0.3) is 0 Å². The molecule has 1 atom stereocenters. The SMILES string of the molecule is CCCN1C(=O)c2ccccc2N[C@H]1c1cc(Br)c(OC)c(OCC)c1. The van der Waals surface area contributed by atoms with Gasteiger partial charge in [0.25, 0.3) is 5.91 Å². The van der Waals surface area contributed by atoms with Crippen molar-refractivity contribution in [3.63, 3.8) is 0 Å². The molecule has 0 fully saturated rings. The van der Waals surface area contributed by atoms with Crippen LogP contribution in [-0.2, 0) is 0 Å². The van der Waals surface area contributed by atoms with E-state index in [0.29, 0.717) is 30.2 Å². The van der Waals surface area contributed by atoms with E-state index in [1.807, 2.05) is 48.2 Å². The Morgan fingerprint density at radius 3 is 2.69 bits per heavy atom. The zero-order chi connectivity index (χ0) is 18.7. The molecule has 138 valence electrons. The van der Waals surface area contributed by atoms with Crippen LogP contribution in [0.1, 0.15) is 42.4 Å². The van der Waals surface area contributed by atoms with Gasteiger partial charge in [0.1, 0.15) is 6.17 Å². The number of nitrogens with one attached hydrogen (secondary N) is 1. The van der Waals surface area contributed by atoms with Gasteiger partial charge in [0.05, 0.1) is 23.8 Å². The van der Waals surface area contributed by atoms with Crippen molar-refractivity contribution < 1.29 is 14.3 Å². The van der Waals surface area contributed by atoms with Crippen molar-refractivity contribution in [1.82, 2.24) is 4.90 Å². The third kappa shape index (κ3) is 3.38. The van der Waals surface area contributed by atoms with E-state index in [2.05, 4.69) is 28.2 Å². The number of benzene rings is 2. The lowest BCUT2D eigenvalue weighted by Crippen LogP contribution is -2.43. The summed E-state index contributed by atoms with van der Waals surface area (Å²) in [5, 5.41) is 3.50. The van der Waals surface area contributed by atoms with Gasteiger partial charge in [-0.15, -0.1) is 0 Å². The lowest BCUT2D eigenvalue weighted by atomic mass is 10.0. The number of carbonyl (C=O) groups excluding carboxylic acids is 1. The van der Waals surface area contributed by atoms with Crippen molar-refractivity contribution in [1.29, 1.82) is 0 Å². The average molecular weight is 419 g/mol. The minimum absolute atomic E-state index is 0.0381. The first kappa shape index (κ1) is 18.6. The summed E-state index contributed by atoms with van der Waals surface area (Å²) in [5.41, 5.74) is 2.49. The largest absolute Gasteiger partial charge is 0.492 e. The molecule has 6 heteroatoms. The predicted octanol–water partition coefficient (Wildman–Crippen LogP) is 4.83. The molecular formula is C20H23BrN2O3. The number of halogens is 1. The zero-order valence-electron chi connectivity index (χ0n) is 15.2. The Kier molecular flexibility index (Phi) is 5.71. The van der Waals surface area contributed by atoms with Crippen molar-refractivity contribution >= 4 is 27.5 Å². The fraction of sp³-hybridized carbons (Fsp3) is 0.350. The molecule has 0 spiro atoms. The van der Waals surface area contributed by atoms with Crippen LogP contribution in [0.4, 0.5) is 5.69 Å². The van der Waals surface area contributed by atoms with Crippen molar-refractivity contribution in [3.8, 4) is 11.5 Å². The zero-order valence-corrected chi connectivity index (χ0v) is 16.8. The molecule has 0 saturated heterocycles. The van der Waals surface area contributed by atoms with Gasteiger partial charge in [0, 0.05) is 12.2 Å². The minimum atomic E-state index is -0.265. The third-order valence-electron chi connectivity index (χ3n) is 4.34. The number of fused-ring (bicyclic) bond motifs is 1. The maximum Gasteiger partial charge on any atom is 0.257 e. The Morgan fingerprint density at radius 2 is 2.00 bits per heavy atom. The lowest BCUT2D eigenvalue weighted by molar-refractivity contribution is 0.0683. The van der Waals surface area contributed by atoms with Crippen LogP contribution in [0.3, 0.4) is 0 Å². The number of nitrogens with zero attached hydrogens (tertiary/aromatic N) is 1. The number of amides is 1. The molecule has 1 N–H and O–H groups in total. The molecule has 0 aromatic heterocycles. The highest BCUT2D eigenvalue weighted by Crippen LogP contribution is 2.41. The number of methoxy groups -OCH3 is 1. The molecule has 0 saturated carbocycles. The van der Waals surface area contributed by atoms with E-state index in [-0.39, 0.29) is 12.1 Å². The Balaban J connectivity index is 2.07. The van der Waals surface area contributed by atoms with Gasteiger partial charge in [0.15, 0.2) is 11.5 Å². The van der Waals surface area contributed by atoms with Crippen LogP contribution in [-0.4, -0.2) is 31.1 Å². The lowest BCUT2D eigenvalue weighted by Gasteiger charge is -2.38. The summed E-state index contributed by atoms with van der Waals surface area (Å²) in [5.74, 6) is 1.35. The minimum Gasteiger partial charge on any atom is -0.492 e. The maximum atomic E-state index is 13.0. The third-order valence-corrected chi connectivity index (χ3v) is 4.93. The number of para-hydroxylation sites is 1. The van der Waals surface area contributed by atoms with E-state index in [4.69, 9.17) is 9.47 Å². The van der Waals surface area contributed by atoms with Crippen molar-refractivity contribution in [2.75, 3.05) is 25.6 Å². The van der Waals surface area contributed by atoms with E-state index < -0.39 is 0 Å². The number of rotatable bonds is 6.